The zero-order valence-electron chi connectivity index (χ0n) is 19.2. The summed E-state index contributed by atoms with van der Waals surface area (Å²) in [5.41, 5.74) is -0.0998. The second-order valence-electron chi connectivity index (χ2n) is 7.90. The summed E-state index contributed by atoms with van der Waals surface area (Å²) in [6.07, 6.45) is -4.37. The molecule has 2 aromatic carbocycles. The molecule has 2 aromatic rings. The summed E-state index contributed by atoms with van der Waals surface area (Å²) >= 11 is 5.78. The fraction of sp³-hybridized carbons (Fsp3) is 0.375. The maximum Gasteiger partial charge on any atom is 0.416 e. The molecule has 0 atom stereocenters. The molecule has 1 aliphatic heterocycles. The molecule has 2 N–H and O–H groups in total. The molecule has 0 radical (unpaired) electrons. The van der Waals surface area contributed by atoms with Crippen molar-refractivity contribution in [1.82, 2.24) is 5.32 Å². The normalized spacial score (nSPS) is 13.7. The number of ether oxygens (including phenoxy) is 2. The number of anilines is 2. The first-order chi connectivity index (χ1) is 17.1. The molecule has 194 valence electrons. The highest BCUT2D eigenvalue weighted by atomic mass is 35.5. The second kappa shape index (κ2) is 12.6. The van der Waals surface area contributed by atoms with Gasteiger partial charge in [0.2, 0.25) is 0 Å². The van der Waals surface area contributed by atoms with Crippen LogP contribution in [-0.2, 0) is 25.2 Å². The second-order valence-corrected chi connectivity index (χ2v) is 8.34. The minimum atomic E-state index is -4.58. The van der Waals surface area contributed by atoms with Crippen LogP contribution in [-0.4, -0.2) is 57.2 Å². The smallest absolute Gasteiger partial charge is 0.416 e. The highest BCUT2D eigenvalue weighted by molar-refractivity contribution is 6.30. The van der Waals surface area contributed by atoms with Crippen LogP contribution in [0.2, 0.25) is 5.02 Å². The first kappa shape index (κ1) is 27.3. The maximum atomic E-state index is 13.2. The Bertz CT molecular complexity index is 1070. The van der Waals surface area contributed by atoms with E-state index in [1.165, 1.54) is 6.07 Å². The van der Waals surface area contributed by atoms with Gasteiger partial charge in [-0.15, -0.1) is 0 Å². The topological polar surface area (TPSA) is 97.0 Å². The third kappa shape index (κ3) is 8.13. The SMILES string of the molecule is O=C(COC(=O)CCCNC(=O)c1ccc(Cl)cc1)Nc1cc(C(F)(F)F)ccc1N1CCOCC1. The summed E-state index contributed by atoms with van der Waals surface area (Å²) in [4.78, 5) is 38.1. The number of esters is 1. The van der Waals surface area contributed by atoms with Crippen molar-refractivity contribution in [2.75, 3.05) is 49.7 Å². The highest BCUT2D eigenvalue weighted by Crippen LogP contribution is 2.35. The van der Waals surface area contributed by atoms with Gasteiger partial charge in [0.15, 0.2) is 6.61 Å². The number of hydrogen-bond acceptors (Lipinski definition) is 6. The van der Waals surface area contributed by atoms with Gasteiger partial charge < -0.3 is 25.0 Å². The lowest BCUT2D eigenvalue weighted by molar-refractivity contribution is -0.147. The maximum absolute atomic E-state index is 13.2. The summed E-state index contributed by atoms with van der Waals surface area (Å²) in [5, 5.41) is 5.57. The van der Waals surface area contributed by atoms with Gasteiger partial charge in [-0.2, -0.15) is 13.2 Å². The van der Waals surface area contributed by atoms with Crippen molar-refractivity contribution in [2.45, 2.75) is 19.0 Å². The van der Waals surface area contributed by atoms with Crippen molar-refractivity contribution in [2.24, 2.45) is 0 Å². The van der Waals surface area contributed by atoms with Gasteiger partial charge in [0.05, 0.1) is 30.2 Å². The number of halogens is 4. The number of morpholine rings is 1. The van der Waals surface area contributed by atoms with Crippen LogP contribution in [0.3, 0.4) is 0 Å². The molecule has 0 unspecified atom stereocenters. The first-order valence-corrected chi connectivity index (χ1v) is 11.5. The monoisotopic (exact) mass is 527 g/mol. The molecule has 0 aromatic heterocycles. The Kier molecular flexibility index (Phi) is 9.54. The largest absolute Gasteiger partial charge is 0.456 e. The molecular weight excluding hydrogens is 503 g/mol. The minimum Gasteiger partial charge on any atom is -0.456 e. The number of carbonyl (C=O) groups is 3. The van der Waals surface area contributed by atoms with Gasteiger partial charge in [0.1, 0.15) is 0 Å². The average molecular weight is 528 g/mol. The molecule has 0 saturated carbocycles. The molecule has 0 spiro atoms. The Morgan fingerprint density at radius 1 is 1.06 bits per heavy atom. The van der Waals surface area contributed by atoms with Crippen LogP contribution in [0, 0.1) is 0 Å². The van der Waals surface area contributed by atoms with Crippen LogP contribution in [0.4, 0.5) is 24.5 Å². The average Bonchev–Trinajstić information content (AvgIpc) is 2.85. The van der Waals surface area contributed by atoms with Gasteiger partial charge in [-0.05, 0) is 48.9 Å². The van der Waals surface area contributed by atoms with E-state index in [1.807, 2.05) is 4.90 Å². The highest BCUT2D eigenvalue weighted by Gasteiger charge is 2.32. The number of benzene rings is 2. The number of rotatable bonds is 9. The van der Waals surface area contributed by atoms with Gasteiger partial charge in [-0.3, -0.25) is 14.4 Å². The summed E-state index contributed by atoms with van der Waals surface area (Å²) < 4.78 is 49.8. The van der Waals surface area contributed by atoms with E-state index in [2.05, 4.69) is 10.6 Å². The first-order valence-electron chi connectivity index (χ1n) is 11.2. The van der Waals surface area contributed by atoms with Crippen molar-refractivity contribution in [1.29, 1.82) is 0 Å². The number of nitrogens with zero attached hydrogens (tertiary/aromatic N) is 1. The van der Waals surface area contributed by atoms with E-state index < -0.39 is 30.2 Å². The number of nitrogens with one attached hydrogen (secondary N) is 2. The Balaban J connectivity index is 1.47. The Labute approximate surface area is 210 Å². The molecule has 0 bridgehead atoms. The molecule has 1 aliphatic rings. The van der Waals surface area contributed by atoms with Crippen LogP contribution in [0.25, 0.3) is 0 Å². The molecule has 12 heteroatoms. The lowest BCUT2D eigenvalue weighted by atomic mass is 10.1. The number of carbonyl (C=O) groups excluding carboxylic acids is 3. The van der Waals surface area contributed by atoms with Gasteiger partial charge >= 0.3 is 12.1 Å². The summed E-state index contributed by atoms with van der Waals surface area (Å²) in [5.74, 6) is -1.77. The van der Waals surface area contributed by atoms with Gasteiger partial charge in [-0.1, -0.05) is 11.6 Å². The molecule has 36 heavy (non-hydrogen) atoms. The van der Waals surface area contributed by atoms with Crippen molar-refractivity contribution < 1.29 is 37.0 Å². The molecule has 8 nitrogen and oxygen atoms in total. The fourth-order valence-corrected chi connectivity index (χ4v) is 3.56. The Morgan fingerprint density at radius 3 is 2.42 bits per heavy atom. The predicted molar refractivity (Wildman–Crippen MR) is 127 cm³/mol. The van der Waals surface area contributed by atoms with Gasteiger partial charge in [0.25, 0.3) is 11.8 Å². The van der Waals surface area contributed by atoms with Crippen molar-refractivity contribution in [3.05, 3.63) is 58.6 Å². The van der Waals surface area contributed by atoms with E-state index in [0.29, 0.717) is 42.6 Å². The van der Waals surface area contributed by atoms with Crippen LogP contribution < -0.4 is 15.5 Å². The third-order valence-corrected chi connectivity index (χ3v) is 5.52. The van der Waals surface area contributed by atoms with E-state index >= 15 is 0 Å². The standard InChI is InChI=1S/C24H25ClF3N3O5/c25-18-6-3-16(4-7-18)23(34)29-9-1-2-22(33)36-15-21(32)30-19-14-17(24(26,27)28)5-8-20(19)31-10-12-35-13-11-31/h3-8,14H,1-2,9-13,15H2,(H,29,34)(H,30,32). The lowest BCUT2D eigenvalue weighted by Crippen LogP contribution is -2.37. The molecule has 3 rings (SSSR count). The lowest BCUT2D eigenvalue weighted by Gasteiger charge is -2.31. The zero-order chi connectivity index (χ0) is 26.1. The fourth-order valence-electron chi connectivity index (χ4n) is 3.43. The number of amides is 2. The van der Waals surface area contributed by atoms with E-state index in [4.69, 9.17) is 21.1 Å². The quantitative estimate of drug-likeness (QED) is 0.379. The van der Waals surface area contributed by atoms with Crippen molar-refractivity contribution in [3.8, 4) is 0 Å². The number of alkyl halides is 3. The van der Waals surface area contributed by atoms with E-state index in [9.17, 15) is 27.6 Å². The molecule has 2 amide bonds. The Morgan fingerprint density at radius 2 is 1.75 bits per heavy atom. The summed E-state index contributed by atoms with van der Waals surface area (Å²) in [7, 11) is 0. The summed E-state index contributed by atoms with van der Waals surface area (Å²) in [6, 6.07) is 9.41. The molecule has 1 saturated heterocycles. The zero-order valence-corrected chi connectivity index (χ0v) is 20.0. The van der Waals surface area contributed by atoms with E-state index in [-0.39, 0.29) is 31.0 Å². The minimum absolute atomic E-state index is 0.0299. The Hall–Kier alpha value is -3.31. The molecule has 1 heterocycles. The van der Waals surface area contributed by atoms with E-state index in [0.717, 1.165) is 12.1 Å². The predicted octanol–water partition coefficient (Wildman–Crippen LogP) is 3.89. The van der Waals surface area contributed by atoms with Crippen LogP contribution in [0.5, 0.6) is 0 Å². The van der Waals surface area contributed by atoms with E-state index in [1.54, 1.807) is 24.3 Å². The van der Waals surface area contributed by atoms with Crippen molar-refractivity contribution in [3.63, 3.8) is 0 Å². The van der Waals surface area contributed by atoms with Crippen LogP contribution >= 0.6 is 11.6 Å². The number of hydrogen-bond donors (Lipinski definition) is 2. The van der Waals surface area contributed by atoms with Crippen LogP contribution in [0.15, 0.2) is 42.5 Å². The van der Waals surface area contributed by atoms with Gasteiger partial charge in [-0.25, -0.2) is 0 Å². The molecule has 0 aliphatic carbocycles. The third-order valence-electron chi connectivity index (χ3n) is 5.26. The molecular formula is C24H25ClF3N3O5. The van der Waals surface area contributed by atoms with Crippen LogP contribution in [0.1, 0.15) is 28.8 Å². The van der Waals surface area contributed by atoms with Crippen molar-refractivity contribution >= 4 is 40.8 Å². The van der Waals surface area contributed by atoms with Gasteiger partial charge in [0, 0.05) is 36.6 Å². The summed E-state index contributed by atoms with van der Waals surface area (Å²) in [6.45, 7) is 1.28. The molecule has 1 fully saturated rings.